The number of hydrogen-bond donors (Lipinski definition) is 1. The molecule has 1 saturated heterocycles. The van der Waals surface area contributed by atoms with Crippen molar-refractivity contribution in [2.45, 2.75) is 37.4 Å². The van der Waals surface area contributed by atoms with Gasteiger partial charge >= 0.3 is 0 Å². The summed E-state index contributed by atoms with van der Waals surface area (Å²) < 4.78 is 1.95. The molecule has 1 amide bonds. The highest BCUT2D eigenvalue weighted by molar-refractivity contribution is 7.99. The van der Waals surface area contributed by atoms with Crippen LogP contribution in [0.4, 0.5) is 5.69 Å². The van der Waals surface area contributed by atoms with Crippen molar-refractivity contribution in [3.05, 3.63) is 66.0 Å². The van der Waals surface area contributed by atoms with Crippen molar-refractivity contribution in [2.24, 2.45) is 0 Å². The minimum Gasteiger partial charge on any atom is -0.371 e. The third-order valence-electron chi connectivity index (χ3n) is 5.70. The molecule has 0 aliphatic carbocycles. The first-order valence-corrected chi connectivity index (χ1v) is 11.8. The van der Waals surface area contributed by atoms with Crippen LogP contribution in [0.5, 0.6) is 0 Å². The highest BCUT2D eigenvalue weighted by Gasteiger charge is 2.21. The molecule has 8 heteroatoms. The lowest BCUT2D eigenvalue weighted by Crippen LogP contribution is -2.45. The van der Waals surface area contributed by atoms with Crippen molar-refractivity contribution < 1.29 is 4.79 Å². The van der Waals surface area contributed by atoms with Gasteiger partial charge in [-0.1, -0.05) is 36.9 Å². The molecular formula is C24H26N6OS. The van der Waals surface area contributed by atoms with Crippen LogP contribution in [-0.4, -0.2) is 45.6 Å². The third-order valence-corrected chi connectivity index (χ3v) is 6.65. The SMILES string of the molecule is CCc1ccccc1-n1cnnc1SCC(=O)NC1CCN(c2ccc(C#N)cc2)CC1. The number of hydrogen-bond acceptors (Lipinski definition) is 6. The maximum atomic E-state index is 12.6. The fourth-order valence-corrected chi connectivity index (χ4v) is 4.69. The van der Waals surface area contributed by atoms with E-state index in [9.17, 15) is 4.79 Å². The first-order chi connectivity index (χ1) is 15.7. The average Bonchev–Trinajstić information content (AvgIpc) is 3.32. The Hall–Kier alpha value is -3.31. The maximum Gasteiger partial charge on any atom is 0.230 e. The Morgan fingerprint density at radius 2 is 1.94 bits per heavy atom. The predicted octanol–water partition coefficient (Wildman–Crippen LogP) is 3.58. The highest BCUT2D eigenvalue weighted by Crippen LogP contribution is 2.23. The minimum atomic E-state index is 0.0187. The molecule has 3 aromatic rings. The topological polar surface area (TPSA) is 86.8 Å². The zero-order valence-electron chi connectivity index (χ0n) is 18.1. The Labute approximate surface area is 192 Å². The van der Waals surface area contributed by atoms with E-state index >= 15 is 0 Å². The Bertz CT molecular complexity index is 1100. The molecule has 0 spiro atoms. The van der Waals surface area contributed by atoms with E-state index in [-0.39, 0.29) is 11.9 Å². The summed E-state index contributed by atoms with van der Waals surface area (Å²) >= 11 is 1.41. The van der Waals surface area contributed by atoms with E-state index in [1.54, 1.807) is 6.33 Å². The van der Waals surface area contributed by atoms with Gasteiger partial charge in [0.25, 0.3) is 0 Å². The van der Waals surface area contributed by atoms with E-state index < -0.39 is 0 Å². The van der Waals surface area contributed by atoms with Crippen LogP contribution in [0.1, 0.15) is 30.9 Å². The fourth-order valence-electron chi connectivity index (χ4n) is 3.96. The number of piperidine rings is 1. The molecule has 2 aromatic carbocycles. The van der Waals surface area contributed by atoms with E-state index in [1.165, 1.54) is 17.3 Å². The smallest absolute Gasteiger partial charge is 0.230 e. The molecule has 1 aliphatic rings. The third kappa shape index (κ3) is 5.11. The Morgan fingerprint density at radius 1 is 1.19 bits per heavy atom. The van der Waals surface area contributed by atoms with Crippen molar-refractivity contribution in [3.63, 3.8) is 0 Å². The summed E-state index contributed by atoms with van der Waals surface area (Å²) in [6, 6.07) is 18.2. The predicted molar refractivity (Wildman–Crippen MR) is 126 cm³/mol. The van der Waals surface area contributed by atoms with Gasteiger partial charge in [0.05, 0.1) is 23.1 Å². The first-order valence-electron chi connectivity index (χ1n) is 10.8. The second-order valence-corrected chi connectivity index (χ2v) is 8.68. The van der Waals surface area contributed by atoms with E-state index in [0.717, 1.165) is 48.9 Å². The van der Waals surface area contributed by atoms with E-state index in [1.807, 2.05) is 47.0 Å². The highest BCUT2D eigenvalue weighted by atomic mass is 32.2. The Kier molecular flexibility index (Phi) is 7.07. The van der Waals surface area contributed by atoms with Gasteiger partial charge in [0.15, 0.2) is 5.16 Å². The molecular weight excluding hydrogens is 420 g/mol. The molecule has 164 valence electrons. The molecule has 32 heavy (non-hydrogen) atoms. The van der Waals surface area contributed by atoms with Gasteiger partial charge in [0.1, 0.15) is 6.33 Å². The molecule has 0 saturated carbocycles. The molecule has 4 rings (SSSR count). The van der Waals surface area contributed by atoms with Crippen LogP contribution in [0.25, 0.3) is 5.69 Å². The van der Waals surface area contributed by atoms with Crippen molar-refractivity contribution in [1.82, 2.24) is 20.1 Å². The molecule has 1 aliphatic heterocycles. The van der Waals surface area contributed by atoms with E-state index in [0.29, 0.717) is 11.3 Å². The second kappa shape index (κ2) is 10.3. The van der Waals surface area contributed by atoms with Gasteiger partial charge in [-0.05, 0) is 55.2 Å². The molecule has 0 atom stereocenters. The molecule has 2 heterocycles. The number of thioether (sulfide) groups is 1. The molecule has 1 fully saturated rings. The van der Waals surface area contributed by atoms with Crippen LogP contribution < -0.4 is 10.2 Å². The number of para-hydroxylation sites is 1. The molecule has 0 unspecified atom stereocenters. The molecule has 0 bridgehead atoms. The zero-order chi connectivity index (χ0) is 22.3. The number of carbonyl (C=O) groups excluding carboxylic acids is 1. The van der Waals surface area contributed by atoms with Gasteiger partial charge in [0, 0.05) is 24.8 Å². The molecule has 7 nitrogen and oxygen atoms in total. The van der Waals surface area contributed by atoms with Gasteiger partial charge in [-0.2, -0.15) is 5.26 Å². The lowest BCUT2D eigenvalue weighted by Gasteiger charge is -2.34. The van der Waals surface area contributed by atoms with Crippen molar-refractivity contribution >= 4 is 23.4 Å². The van der Waals surface area contributed by atoms with Crippen molar-refractivity contribution in [3.8, 4) is 11.8 Å². The van der Waals surface area contributed by atoms with Gasteiger partial charge < -0.3 is 10.2 Å². The number of amides is 1. The van der Waals surface area contributed by atoms with Gasteiger partial charge in [-0.3, -0.25) is 9.36 Å². The molecule has 1 aromatic heterocycles. The molecule has 1 N–H and O–H groups in total. The monoisotopic (exact) mass is 446 g/mol. The average molecular weight is 447 g/mol. The largest absolute Gasteiger partial charge is 0.371 e. The van der Waals surface area contributed by atoms with Gasteiger partial charge in [-0.25, -0.2) is 0 Å². The van der Waals surface area contributed by atoms with Gasteiger partial charge in [0.2, 0.25) is 5.91 Å². The van der Waals surface area contributed by atoms with Crippen LogP contribution in [0, 0.1) is 11.3 Å². The number of nitrogens with one attached hydrogen (secondary N) is 1. The van der Waals surface area contributed by atoms with Gasteiger partial charge in [-0.15, -0.1) is 10.2 Å². The normalized spacial score (nSPS) is 14.2. The Balaban J connectivity index is 1.28. The van der Waals surface area contributed by atoms with Crippen LogP contribution in [0.2, 0.25) is 0 Å². The quantitative estimate of drug-likeness (QED) is 0.558. The van der Waals surface area contributed by atoms with Crippen molar-refractivity contribution in [2.75, 3.05) is 23.7 Å². The van der Waals surface area contributed by atoms with Crippen LogP contribution in [0.15, 0.2) is 60.0 Å². The number of nitriles is 1. The number of nitrogens with zero attached hydrogens (tertiary/aromatic N) is 5. The van der Waals surface area contributed by atoms with Crippen LogP contribution >= 0.6 is 11.8 Å². The number of anilines is 1. The number of aryl methyl sites for hydroxylation is 1. The fraction of sp³-hybridized carbons (Fsp3) is 0.333. The second-order valence-electron chi connectivity index (χ2n) is 7.74. The number of aromatic nitrogens is 3. The lowest BCUT2D eigenvalue weighted by molar-refractivity contribution is -0.119. The Morgan fingerprint density at radius 3 is 2.66 bits per heavy atom. The standard InChI is InChI=1S/C24H26N6OS/c1-2-19-5-3-4-6-22(19)30-17-26-28-24(30)32-16-23(31)27-20-11-13-29(14-12-20)21-9-7-18(15-25)8-10-21/h3-10,17,20H,2,11-14,16H2,1H3,(H,27,31). The number of rotatable bonds is 7. The number of carbonyl (C=O) groups is 1. The summed E-state index contributed by atoms with van der Waals surface area (Å²) in [5.41, 5.74) is 4.06. The summed E-state index contributed by atoms with van der Waals surface area (Å²) in [7, 11) is 0. The van der Waals surface area contributed by atoms with E-state index in [4.69, 9.17) is 5.26 Å². The molecule has 0 radical (unpaired) electrons. The summed E-state index contributed by atoms with van der Waals surface area (Å²) in [5.74, 6) is 0.327. The summed E-state index contributed by atoms with van der Waals surface area (Å²) in [6.07, 6.45) is 4.42. The minimum absolute atomic E-state index is 0.0187. The van der Waals surface area contributed by atoms with E-state index in [2.05, 4.69) is 39.5 Å². The first kappa shape index (κ1) is 21.9. The maximum absolute atomic E-state index is 12.6. The van der Waals surface area contributed by atoms with Crippen LogP contribution in [-0.2, 0) is 11.2 Å². The summed E-state index contributed by atoms with van der Waals surface area (Å²) in [6.45, 7) is 3.88. The zero-order valence-corrected chi connectivity index (χ0v) is 18.9. The van der Waals surface area contributed by atoms with Crippen molar-refractivity contribution in [1.29, 1.82) is 5.26 Å². The van der Waals surface area contributed by atoms with Crippen LogP contribution in [0.3, 0.4) is 0 Å². The lowest BCUT2D eigenvalue weighted by atomic mass is 10.0. The summed E-state index contributed by atoms with van der Waals surface area (Å²) in [5, 5.41) is 21.1. The summed E-state index contributed by atoms with van der Waals surface area (Å²) in [4.78, 5) is 14.9. The number of benzene rings is 2.